The number of hydrogen-bond acceptors (Lipinski definition) is 8. The minimum absolute atomic E-state index is 0.355. The molecule has 0 atom stereocenters. The standard InChI is InChI=1S/C29H30BNO2.C27H20BrN3.C4H2Br2N2/c1-21-11-6-9-15-26(21)31(27-16-10-13-22-12-7-8-14-25(22)27)24-19-17-23(18-20-24)30-32-28(2,3)29(4,5)33-30;1-19-7-2-5-11-25(19)31(26-12-6-9-20-8-3-4-10-23(20)26)22-15-13-21(14-16-22)24-17-30-27(28)18-29-24;5-3-1-7-4(6)2-8-3/h6-20H,1-5H3;2-18H,1H3;1-2H. The molecule has 8 nitrogen and oxygen atoms in total. The number of halogens is 3. The van der Waals surface area contributed by atoms with Crippen LogP contribution >= 0.6 is 47.8 Å². The Hall–Kier alpha value is -6.54. The molecule has 0 aliphatic carbocycles. The van der Waals surface area contributed by atoms with E-state index in [4.69, 9.17) is 9.31 Å². The zero-order valence-electron chi connectivity index (χ0n) is 40.8. The lowest BCUT2D eigenvalue weighted by atomic mass is 9.79. The van der Waals surface area contributed by atoms with E-state index in [2.05, 4.69) is 301 Å². The molecule has 12 heteroatoms. The molecule has 0 bridgehead atoms. The van der Waals surface area contributed by atoms with Crippen molar-refractivity contribution in [2.45, 2.75) is 52.7 Å². The average molecular weight is 1140 g/mol. The molecule has 72 heavy (non-hydrogen) atoms. The fourth-order valence-corrected chi connectivity index (χ4v) is 9.16. The maximum atomic E-state index is 6.26. The van der Waals surface area contributed by atoms with Gasteiger partial charge >= 0.3 is 7.12 Å². The number of hydrogen-bond donors (Lipinski definition) is 0. The fraction of sp³-hybridized carbons (Fsp3) is 0.133. The molecule has 0 spiro atoms. The molecule has 3 heterocycles. The second-order valence-electron chi connectivity index (χ2n) is 18.4. The van der Waals surface area contributed by atoms with Crippen LogP contribution in [0.15, 0.2) is 221 Å². The molecule has 8 aromatic carbocycles. The van der Waals surface area contributed by atoms with Gasteiger partial charge in [0.05, 0.1) is 53.1 Å². The number of aromatic nitrogens is 4. The first-order valence-corrected chi connectivity index (χ1v) is 26.0. The van der Waals surface area contributed by atoms with Gasteiger partial charge in [0.2, 0.25) is 0 Å². The first-order chi connectivity index (χ1) is 34.8. The van der Waals surface area contributed by atoms with E-state index in [-0.39, 0.29) is 18.3 Å². The van der Waals surface area contributed by atoms with E-state index in [0.29, 0.717) is 0 Å². The van der Waals surface area contributed by atoms with Crippen molar-refractivity contribution in [3.63, 3.8) is 0 Å². The van der Waals surface area contributed by atoms with Crippen molar-refractivity contribution in [1.29, 1.82) is 0 Å². The van der Waals surface area contributed by atoms with E-state index in [1.807, 2.05) is 0 Å². The van der Waals surface area contributed by atoms with Crippen LogP contribution in [0.5, 0.6) is 0 Å². The first-order valence-electron chi connectivity index (χ1n) is 23.6. The molecule has 1 saturated heterocycles. The quantitative estimate of drug-likeness (QED) is 0.139. The molecular weight excluding hydrogens is 1090 g/mol. The highest BCUT2D eigenvalue weighted by atomic mass is 79.9. The molecular formula is C60H52BBr3N6O2. The van der Waals surface area contributed by atoms with Crippen molar-refractivity contribution in [2.75, 3.05) is 9.80 Å². The summed E-state index contributed by atoms with van der Waals surface area (Å²) in [6, 6.07) is 64.1. The number of para-hydroxylation sites is 2. The van der Waals surface area contributed by atoms with Gasteiger partial charge in [-0.2, -0.15) is 0 Å². The Bertz CT molecular complexity index is 3400. The predicted molar refractivity (Wildman–Crippen MR) is 309 cm³/mol. The third-order valence-electron chi connectivity index (χ3n) is 13.0. The van der Waals surface area contributed by atoms with E-state index in [0.717, 1.165) is 64.7 Å². The summed E-state index contributed by atoms with van der Waals surface area (Å²) in [7, 11) is -0.367. The highest BCUT2D eigenvalue weighted by molar-refractivity contribution is 9.11. The number of fused-ring (bicyclic) bond motifs is 2. The monoisotopic (exact) mass is 1140 g/mol. The lowest BCUT2D eigenvalue weighted by Crippen LogP contribution is -2.41. The molecule has 0 saturated carbocycles. The summed E-state index contributed by atoms with van der Waals surface area (Å²) in [5, 5.41) is 4.89. The van der Waals surface area contributed by atoms with Crippen molar-refractivity contribution >= 4 is 116 Å². The minimum Gasteiger partial charge on any atom is -0.399 e. The lowest BCUT2D eigenvalue weighted by Gasteiger charge is -2.32. The third-order valence-corrected chi connectivity index (χ3v) is 14.3. The molecule has 0 radical (unpaired) electrons. The highest BCUT2D eigenvalue weighted by Crippen LogP contribution is 2.43. The van der Waals surface area contributed by atoms with Crippen LogP contribution in [-0.4, -0.2) is 38.3 Å². The van der Waals surface area contributed by atoms with E-state index in [9.17, 15) is 0 Å². The van der Waals surface area contributed by atoms with Gasteiger partial charge in [-0.1, -0.05) is 133 Å². The molecule has 2 aromatic heterocycles. The summed E-state index contributed by atoms with van der Waals surface area (Å²) in [5.74, 6) is 0. The van der Waals surface area contributed by atoms with Gasteiger partial charge in [-0.15, -0.1) is 0 Å². The second kappa shape index (κ2) is 22.1. The number of nitrogens with zero attached hydrogens (tertiary/aromatic N) is 6. The van der Waals surface area contributed by atoms with Crippen LogP contribution in [0.4, 0.5) is 34.1 Å². The van der Waals surface area contributed by atoms with Crippen LogP contribution < -0.4 is 15.3 Å². The molecule has 1 aliphatic rings. The summed E-state index contributed by atoms with van der Waals surface area (Å²) in [6.45, 7) is 12.7. The summed E-state index contributed by atoms with van der Waals surface area (Å²) < 4.78 is 14.8. The molecule has 11 rings (SSSR count). The molecule has 0 N–H and O–H groups in total. The number of anilines is 6. The average Bonchev–Trinajstić information content (AvgIpc) is 3.62. The summed E-state index contributed by atoms with van der Waals surface area (Å²) >= 11 is 9.65. The predicted octanol–water partition coefficient (Wildman–Crippen LogP) is 16.8. The van der Waals surface area contributed by atoms with Gasteiger partial charge in [0.1, 0.15) is 13.8 Å². The van der Waals surface area contributed by atoms with Crippen molar-refractivity contribution < 1.29 is 9.31 Å². The maximum absolute atomic E-state index is 6.26. The summed E-state index contributed by atoms with van der Waals surface area (Å²) in [5.41, 5.74) is 11.5. The Morgan fingerprint density at radius 2 is 0.778 bits per heavy atom. The Balaban J connectivity index is 0.000000154. The van der Waals surface area contributed by atoms with Crippen LogP contribution in [0.25, 0.3) is 32.8 Å². The Morgan fingerprint density at radius 1 is 0.403 bits per heavy atom. The molecule has 1 aliphatic heterocycles. The van der Waals surface area contributed by atoms with E-state index in [1.54, 1.807) is 24.8 Å². The van der Waals surface area contributed by atoms with Gasteiger partial charge in [0.15, 0.2) is 0 Å². The Kier molecular flexibility index (Phi) is 15.5. The van der Waals surface area contributed by atoms with Crippen LogP contribution in [0.2, 0.25) is 0 Å². The van der Waals surface area contributed by atoms with Gasteiger partial charge in [-0.3, -0.25) is 4.98 Å². The molecule has 0 amide bonds. The van der Waals surface area contributed by atoms with Crippen molar-refractivity contribution in [3.05, 3.63) is 232 Å². The molecule has 1 fully saturated rings. The van der Waals surface area contributed by atoms with Gasteiger partial charge < -0.3 is 19.1 Å². The van der Waals surface area contributed by atoms with Gasteiger partial charge in [-0.05, 0) is 165 Å². The van der Waals surface area contributed by atoms with Crippen LogP contribution in [-0.2, 0) is 9.31 Å². The number of benzene rings is 8. The molecule has 10 aromatic rings. The largest absolute Gasteiger partial charge is 0.494 e. The van der Waals surface area contributed by atoms with Crippen LogP contribution in [0.1, 0.15) is 38.8 Å². The zero-order valence-corrected chi connectivity index (χ0v) is 45.6. The topological polar surface area (TPSA) is 76.5 Å². The Labute approximate surface area is 447 Å². The molecule has 0 unspecified atom stereocenters. The highest BCUT2D eigenvalue weighted by Gasteiger charge is 2.51. The van der Waals surface area contributed by atoms with E-state index < -0.39 is 0 Å². The third kappa shape index (κ3) is 11.2. The number of aryl methyl sites for hydroxylation is 2. The van der Waals surface area contributed by atoms with Crippen LogP contribution in [0.3, 0.4) is 0 Å². The van der Waals surface area contributed by atoms with Crippen molar-refractivity contribution in [3.8, 4) is 11.3 Å². The summed E-state index contributed by atoms with van der Waals surface area (Å²) in [6.07, 6.45) is 6.76. The van der Waals surface area contributed by atoms with Crippen molar-refractivity contribution in [2.24, 2.45) is 0 Å². The fourth-order valence-electron chi connectivity index (χ4n) is 8.55. The van der Waals surface area contributed by atoms with E-state index >= 15 is 0 Å². The smallest absolute Gasteiger partial charge is 0.399 e. The normalized spacial score (nSPS) is 13.4. The van der Waals surface area contributed by atoms with Crippen molar-refractivity contribution in [1.82, 2.24) is 19.9 Å². The SMILES string of the molecule is Brc1cnc(Br)cn1.Cc1ccccc1N(c1ccc(-c2cnc(Br)cn2)cc1)c1cccc2ccccc12.Cc1ccccc1N(c1ccc(B2OC(C)(C)C(C)(C)O2)cc1)c1cccc2ccccc12. The van der Waals surface area contributed by atoms with Gasteiger partial charge in [0, 0.05) is 39.1 Å². The van der Waals surface area contributed by atoms with Gasteiger partial charge in [-0.25, -0.2) is 15.0 Å². The zero-order chi connectivity index (χ0) is 50.4. The lowest BCUT2D eigenvalue weighted by molar-refractivity contribution is 0.00578. The second-order valence-corrected chi connectivity index (χ2v) is 20.8. The van der Waals surface area contributed by atoms with Gasteiger partial charge in [0.25, 0.3) is 0 Å². The summed E-state index contributed by atoms with van der Waals surface area (Å²) in [4.78, 5) is 21.2. The molecule has 358 valence electrons. The van der Waals surface area contributed by atoms with E-state index in [1.165, 1.54) is 32.7 Å². The minimum atomic E-state index is -0.367. The maximum Gasteiger partial charge on any atom is 0.494 e. The first kappa shape index (κ1) is 50.4. The number of rotatable bonds is 8. The Morgan fingerprint density at radius 3 is 1.21 bits per heavy atom. The van der Waals surface area contributed by atoms with Crippen LogP contribution in [0, 0.1) is 13.8 Å².